The van der Waals surface area contributed by atoms with E-state index in [2.05, 4.69) is 5.10 Å². The number of carbonyl (C=O) groups excluding carboxylic acids is 2. The summed E-state index contributed by atoms with van der Waals surface area (Å²) in [6.07, 6.45) is 6.13. The SMILES string of the molecule is Cc1nc([C@@H]2CCCN2C(=O)c2cnn(C)c2)nc2c1CCC(=O)N2Cc1ccccc1. The number of carbonyl (C=O) groups is 2. The van der Waals surface area contributed by atoms with Crippen molar-refractivity contribution in [1.82, 2.24) is 24.6 Å². The summed E-state index contributed by atoms with van der Waals surface area (Å²) in [6.45, 7) is 3.11. The first-order chi connectivity index (χ1) is 15.5. The average Bonchev–Trinajstić information content (AvgIpc) is 3.45. The predicted molar refractivity (Wildman–Crippen MR) is 119 cm³/mol. The fourth-order valence-corrected chi connectivity index (χ4v) is 4.66. The first kappa shape index (κ1) is 20.4. The van der Waals surface area contributed by atoms with E-state index < -0.39 is 0 Å². The molecule has 0 spiro atoms. The van der Waals surface area contributed by atoms with Crippen LogP contribution in [-0.4, -0.2) is 43.0 Å². The second-order valence-corrected chi connectivity index (χ2v) is 8.49. The first-order valence-corrected chi connectivity index (χ1v) is 11.0. The number of fused-ring (bicyclic) bond motifs is 1. The van der Waals surface area contributed by atoms with Crippen LogP contribution in [0.5, 0.6) is 0 Å². The Bertz CT molecular complexity index is 1170. The summed E-state index contributed by atoms with van der Waals surface area (Å²) in [4.78, 5) is 39.3. The maximum absolute atomic E-state index is 13.1. The van der Waals surface area contributed by atoms with E-state index in [-0.39, 0.29) is 17.9 Å². The summed E-state index contributed by atoms with van der Waals surface area (Å²) in [5.74, 6) is 1.31. The van der Waals surface area contributed by atoms with Crippen LogP contribution in [0.3, 0.4) is 0 Å². The van der Waals surface area contributed by atoms with Crippen molar-refractivity contribution in [2.75, 3.05) is 11.4 Å². The molecule has 5 rings (SSSR count). The lowest BCUT2D eigenvalue weighted by Crippen LogP contribution is -2.37. The Labute approximate surface area is 186 Å². The topological polar surface area (TPSA) is 84.2 Å². The lowest BCUT2D eigenvalue weighted by atomic mass is 10.0. The van der Waals surface area contributed by atoms with Crippen LogP contribution in [0.1, 0.15) is 58.3 Å². The Morgan fingerprint density at radius 3 is 2.72 bits per heavy atom. The van der Waals surface area contributed by atoms with Crippen molar-refractivity contribution in [3.63, 3.8) is 0 Å². The van der Waals surface area contributed by atoms with Crippen LogP contribution in [0, 0.1) is 6.92 Å². The van der Waals surface area contributed by atoms with Gasteiger partial charge in [0, 0.05) is 37.5 Å². The van der Waals surface area contributed by atoms with E-state index in [1.807, 2.05) is 42.2 Å². The zero-order valence-corrected chi connectivity index (χ0v) is 18.4. The molecular formula is C24H26N6O2. The van der Waals surface area contributed by atoms with Gasteiger partial charge in [0.1, 0.15) is 5.82 Å². The summed E-state index contributed by atoms with van der Waals surface area (Å²) in [5, 5.41) is 4.13. The third kappa shape index (κ3) is 3.66. The van der Waals surface area contributed by atoms with Crippen LogP contribution >= 0.6 is 0 Å². The van der Waals surface area contributed by atoms with Gasteiger partial charge < -0.3 is 4.90 Å². The van der Waals surface area contributed by atoms with Crippen molar-refractivity contribution in [2.24, 2.45) is 7.05 Å². The molecule has 1 fully saturated rings. The molecule has 2 aromatic heterocycles. The smallest absolute Gasteiger partial charge is 0.257 e. The molecule has 2 aliphatic rings. The monoisotopic (exact) mass is 430 g/mol. The van der Waals surface area contributed by atoms with E-state index >= 15 is 0 Å². The third-order valence-corrected chi connectivity index (χ3v) is 6.30. The molecule has 8 heteroatoms. The van der Waals surface area contributed by atoms with Gasteiger partial charge in [-0.05, 0) is 31.7 Å². The Balaban J connectivity index is 1.50. The molecule has 1 aromatic carbocycles. The van der Waals surface area contributed by atoms with E-state index in [1.165, 1.54) is 0 Å². The Morgan fingerprint density at radius 2 is 1.97 bits per heavy atom. The molecule has 0 N–H and O–H groups in total. The van der Waals surface area contributed by atoms with Gasteiger partial charge >= 0.3 is 0 Å². The molecule has 0 saturated carbocycles. The van der Waals surface area contributed by atoms with Crippen LogP contribution < -0.4 is 4.90 Å². The van der Waals surface area contributed by atoms with Gasteiger partial charge in [0.05, 0.1) is 24.3 Å². The van der Waals surface area contributed by atoms with E-state index in [0.29, 0.717) is 43.1 Å². The molecule has 0 bridgehead atoms. The maximum Gasteiger partial charge on any atom is 0.257 e. The Kier molecular flexibility index (Phi) is 5.20. The molecule has 0 unspecified atom stereocenters. The minimum atomic E-state index is -0.206. The molecule has 2 amide bonds. The molecule has 0 aliphatic carbocycles. The fourth-order valence-electron chi connectivity index (χ4n) is 4.66. The van der Waals surface area contributed by atoms with Gasteiger partial charge in [-0.25, -0.2) is 9.97 Å². The van der Waals surface area contributed by atoms with Crippen molar-refractivity contribution in [2.45, 2.75) is 45.2 Å². The first-order valence-electron chi connectivity index (χ1n) is 11.0. The molecule has 0 radical (unpaired) electrons. The number of anilines is 1. The van der Waals surface area contributed by atoms with Crippen LogP contribution in [0.25, 0.3) is 0 Å². The summed E-state index contributed by atoms with van der Waals surface area (Å²) < 4.78 is 1.63. The second kappa shape index (κ2) is 8.18. The van der Waals surface area contributed by atoms with Gasteiger partial charge in [-0.1, -0.05) is 30.3 Å². The lowest BCUT2D eigenvalue weighted by molar-refractivity contribution is -0.119. The van der Waals surface area contributed by atoms with Crippen LogP contribution in [0.4, 0.5) is 5.82 Å². The molecule has 2 aliphatic heterocycles. The highest BCUT2D eigenvalue weighted by Crippen LogP contribution is 2.35. The maximum atomic E-state index is 13.1. The van der Waals surface area contributed by atoms with Crippen molar-refractivity contribution in [3.8, 4) is 0 Å². The number of amides is 2. The predicted octanol–water partition coefficient (Wildman–Crippen LogP) is 2.98. The molecule has 32 heavy (non-hydrogen) atoms. The number of nitrogens with zero attached hydrogens (tertiary/aromatic N) is 6. The van der Waals surface area contributed by atoms with E-state index in [0.717, 1.165) is 29.7 Å². The van der Waals surface area contributed by atoms with Crippen LogP contribution in [0.2, 0.25) is 0 Å². The zero-order valence-electron chi connectivity index (χ0n) is 18.4. The van der Waals surface area contributed by atoms with Crippen molar-refractivity contribution in [3.05, 3.63) is 70.9 Å². The number of hydrogen-bond donors (Lipinski definition) is 0. The molecular weight excluding hydrogens is 404 g/mol. The van der Waals surface area contributed by atoms with Gasteiger partial charge in [0.15, 0.2) is 5.82 Å². The summed E-state index contributed by atoms with van der Waals surface area (Å²) in [7, 11) is 1.80. The van der Waals surface area contributed by atoms with Crippen molar-refractivity contribution < 1.29 is 9.59 Å². The average molecular weight is 431 g/mol. The number of aromatic nitrogens is 4. The van der Waals surface area contributed by atoms with Crippen molar-refractivity contribution in [1.29, 1.82) is 0 Å². The summed E-state index contributed by atoms with van der Waals surface area (Å²) in [5.41, 5.74) is 3.53. The zero-order chi connectivity index (χ0) is 22.2. The standard InChI is InChI=1S/C24H26N6O2/c1-16-19-10-11-21(31)30(14-17-7-4-3-5-8-17)23(19)27-22(26-16)20-9-6-12-29(20)24(32)18-13-25-28(2)15-18/h3-5,7-8,13,15,20H,6,9-12,14H2,1-2H3/t20-/m0/s1. The lowest BCUT2D eigenvalue weighted by Gasteiger charge is -2.31. The summed E-state index contributed by atoms with van der Waals surface area (Å²) >= 11 is 0. The van der Waals surface area contributed by atoms with E-state index in [4.69, 9.17) is 9.97 Å². The number of aryl methyl sites for hydroxylation is 2. The summed E-state index contributed by atoms with van der Waals surface area (Å²) in [6, 6.07) is 9.74. The minimum absolute atomic E-state index is 0.0585. The molecule has 3 aromatic rings. The van der Waals surface area contributed by atoms with E-state index in [1.54, 1.807) is 29.0 Å². The Hall–Kier alpha value is -3.55. The van der Waals surface area contributed by atoms with Crippen molar-refractivity contribution >= 4 is 17.6 Å². The number of rotatable bonds is 4. The third-order valence-electron chi connectivity index (χ3n) is 6.30. The highest BCUT2D eigenvalue weighted by molar-refractivity contribution is 5.95. The van der Waals surface area contributed by atoms with Gasteiger partial charge in [-0.15, -0.1) is 0 Å². The van der Waals surface area contributed by atoms with E-state index in [9.17, 15) is 9.59 Å². The second-order valence-electron chi connectivity index (χ2n) is 8.49. The minimum Gasteiger partial charge on any atom is -0.328 e. The molecule has 1 saturated heterocycles. The highest BCUT2D eigenvalue weighted by Gasteiger charge is 2.35. The van der Waals surface area contributed by atoms with Crippen LogP contribution in [-0.2, 0) is 24.8 Å². The quantitative estimate of drug-likeness (QED) is 0.635. The number of hydrogen-bond acceptors (Lipinski definition) is 5. The number of benzene rings is 1. The fraction of sp³-hybridized carbons (Fsp3) is 0.375. The molecule has 1 atom stereocenters. The Morgan fingerprint density at radius 1 is 1.16 bits per heavy atom. The van der Waals surface area contributed by atoms with Gasteiger partial charge in [0.25, 0.3) is 5.91 Å². The van der Waals surface area contributed by atoms with Gasteiger partial charge in [-0.3, -0.25) is 19.2 Å². The highest BCUT2D eigenvalue weighted by atomic mass is 16.2. The molecule has 8 nitrogen and oxygen atoms in total. The normalized spacial score (nSPS) is 18.2. The largest absolute Gasteiger partial charge is 0.328 e. The van der Waals surface area contributed by atoms with Crippen LogP contribution in [0.15, 0.2) is 42.7 Å². The molecule has 164 valence electrons. The molecule has 4 heterocycles. The van der Waals surface area contributed by atoms with Gasteiger partial charge in [-0.2, -0.15) is 5.10 Å². The number of likely N-dealkylation sites (tertiary alicyclic amines) is 1. The van der Waals surface area contributed by atoms with Gasteiger partial charge in [0.2, 0.25) is 5.91 Å².